The summed E-state index contributed by atoms with van der Waals surface area (Å²) in [5.41, 5.74) is 0.742. The standard InChI is InChI=1S/C26H21FIN5O4/c1-12-21(30-15-4-7-17-13(9-15)11-29-22(17)34)20-23(31(2)24(12)35)33(19-8-3-14(28)10-18(19)27)26(37)32(25(20)36)16-5-6-16/h3-4,7-10,16,30H,5-6,11H2,1-2H3,(H,29,34). The van der Waals surface area contributed by atoms with Crippen molar-refractivity contribution in [2.24, 2.45) is 7.05 Å². The first-order valence-electron chi connectivity index (χ1n) is 11.7. The van der Waals surface area contributed by atoms with Gasteiger partial charge in [0.25, 0.3) is 17.0 Å². The maximum absolute atomic E-state index is 15.2. The van der Waals surface area contributed by atoms with Crippen LogP contribution in [0, 0.1) is 16.3 Å². The maximum atomic E-state index is 15.2. The maximum Gasteiger partial charge on any atom is 0.337 e. The van der Waals surface area contributed by atoms with Crippen LogP contribution in [0.15, 0.2) is 50.8 Å². The van der Waals surface area contributed by atoms with Crippen LogP contribution in [0.25, 0.3) is 16.7 Å². The molecule has 0 bridgehead atoms. The quantitative estimate of drug-likeness (QED) is 0.344. The first-order chi connectivity index (χ1) is 17.7. The number of fused-ring (bicyclic) bond motifs is 2. The molecule has 3 heterocycles. The minimum absolute atomic E-state index is 0.00288. The van der Waals surface area contributed by atoms with Gasteiger partial charge in [0.15, 0.2) is 0 Å². The monoisotopic (exact) mass is 613 g/mol. The van der Waals surface area contributed by atoms with Crippen LogP contribution in [0.2, 0.25) is 0 Å². The van der Waals surface area contributed by atoms with Gasteiger partial charge < -0.3 is 10.6 Å². The number of amides is 1. The number of pyridine rings is 1. The van der Waals surface area contributed by atoms with Crippen molar-refractivity contribution in [3.8, 4) is 5.69 Å². The molecular formula is C26H21FIN5O4. The third-order valence-corrected chi connectivity index (χ3v) is 7.63. The summed E-state index contributed by atoms with van der Waals surface area (Å²) < 4.78 is 19.4. The summed E-state index contributed by atoms with van der Waals surface area (Å²) >= 11 is 1.98. The van der Waals surface area contributed by atoms with Crippen LogP contribution in [0.3, 0.4) is 0 Å². The molecule has 0 unspecified atom stereocenters. The molecule has 1 fully saturated rings. The number of anilines is 2. The zero-order chi connectivity index (χ0) is 26.2. The number of carbonyl (C=O) groups excluding carboxylic acids is 1. The van der Waals surface area contributed by atoms with E-state index in [0.717, 1.165) is 10.1 Å². The van der Waals surface area contributed by atoms with E-state index in [0.29, 0.717) is 34.2 Å². The minimum atomic E-state index is -0.688. The predicted molar refractivity (Wildman–Crippen MR) is 146 cm³/mol. The summed E-state index contributed by atoms with van der Waals surface area (Å²) in [6, 6.07) is 9.30. The molecule has 37 heavy (non-hydrogen) atoms. The van der Waals surface area contributed by atoms with Gasteiger partial charge in [0.05, 0.1) is 11.4 Å². The molecule has 2 aliphatic rings. The Morgan fingerprint density at radius 2 is 1.81 bits per heavy atom. The van der Waals surface area contributed by atoms with Crippen LogP contribution < -0.4 is 27.4 Å². The molecule has 0 spiro atoms. The minimum Gasteiger partial charge on any atom is -0.354 e. The lowest BCUT2D eigenvalue weighted by molar-refractivity contribution is 0.0965. The van der Waals surface area contributed by atoms with Crippen molar-refractivity contribution in [3.05, 3.63) is 93.7 Å². The van der Waals surface area contributed by atoms with E-state index in [4.69, 9.17) is 0 Å². The normalized spacial score (nSPS) is 14.6. The van der Waals surface area contributed by atoms with Crippen molar-refractivity contribution in [3.63, 3.8) is 0 Å². The number of aryl methyl sites for hydroxylation is 1. The number of carbonyl (C=O) groups is 1. The van der Waals surface area contributed by atoms with Gasteiger partial charge in [-0.05, 0) is 84.3 Å². The van der Waals surface area contributed by atoms with Gasteiger partial charge in [-0.15, -0.1) is 0 Å². The SMILES string of the molecule is Cc1c(Nc2ccc3c(c2)CNC3=O)c2c(=O)n(C3CC3)c(=O)n(-c3ccc(I)cc3F)c2n(C)c1=O. The average Bonchev–Trinajstić information content (AvgIpc) is 3.63. The molecule has 1 saturated carbocycles. The van der Waals surface area contributed by atoms with E-state index in [1.807, 2.05) is 22.6 Å². The molecule has 2 N–H and O–H groups in total. The van der Waals surface area contributed by atoms with Crippen LogP contribution >= 0.6 is 22.6 Å². The largest absolute Gasteiger partial charge is 0.354 e. The summed E-state index contributed by atoms with van der Waals surface area (Å²) in [6.07, 6.45) is 1.32. The van der Waals surface area contributed by atoms with Gasteiger partial charge in [-0.1, -0.05) is 0 Å². The Bertz CT molecular complexity index is 1850. The number of hydrogen-bond acceptors (Lipinski definition) is 5. The van der Waals surface area contributed by atoms with Gasteiger partial charge in [-0.25, -0.2) is 13.8 Å². The van der Waals surface area contributed by atoms with Crippen LogP contribution in [0.4, 0.5) is 15.8 Å². The first kappa shape index (κ1) is 23.6. The molecule has 1 aliphatic heterocycles. The molecule has 9 nitrogen and oxygen atoms in total. The molecular weight excluding hydrogens is 592 g/mol. The molecule has 4 aromatic rings. The molecule has 188 valence electrons. The summed E-state index contributed by atoms with van der Waals surface area (Å²) in [5, 5.41) is 6.07. The highest BCUT2D eigenvalue weighted by Crippen LogP contribution is 2.34. The molecule has 1 amide bonds. The number of halogens is 2. The Morgan fingerprint density at radius 3 is 2.51 bits per heavy atom. The van der Waals surface area contributed by atoms with Crippen molar-refractivity contribution in [2.75, 3.05) is 5.32 Å². The summed E-state index contributed by atoms with van der Waals surface area (Å²) in [6.45, 7) is 1.98. The number of nitrogens with one attached hydrogen (secondary N) is 2. The second-order valence-electron chi connectivity index (χ2n) is 9.36. The highest BCUT2D eigenvalue weighted by Gasteiger charge is 2.32. The highest BCUT2D eigenvalue weighted by atomic mass is 127. The fraction of sp³-hybridized carbons (Fsp3) is 0.231. The van der Waals surface area contributed by atoms with Gasteiger partial charge in [0.2, 0.25) is 0 Å². The Labute approximate surface area is 222 Å². The molecule has 1 aliphatic carbocycles. The van der Waals surface area contributed by atoms with Crippen molar-refractivity contribution in [2.45, 2.75) is 32.4 Å². The van der Waals surface area contributed by atoms with Gasteiger partial charge in [-0.3, -0.25) is 23.5 Å². The van der Waals surface area contributed by atoms with E-state index < -0.39 is 22.6 Å². The summed E-state index contributed by atoms with van der Waals surface area (Å²) in [4.78, 5) is 52.9. The van der Waals surface area contributed by atoms with E-state index in [9.17, 15) is 19.2 Å². The topological polar surface area (TPSA) is 107 Å². The second kappa shape index (κ2) is 8.40. The predicted octanol–water partition coefficient (Wildman–Crippen LogP) is 3.23. The number of hydrogen-bond donors (Lipinski definition) is 2. The molecule has 2 aromatic heterocycles. The van der Waals surface area contributed by atoms with E-state index in [2.05, 4.69) is 10.6 Å². The number of nitrogens with zero attached hydrogens (tertiary/aromatic N) is 3. The highest BCUT2D eigenvalue weighted by molar-refractivity contribution is 14.1. The lowest BCUT2D eigenvalue weighted by atomic mass is 10.1. The Hall–Kier alpha value is -3.74. The lowest BCUT2D eigenvalue weighted by Crippen LogP contribution is -2.42. The first-order valence-corrected chi connectivity index (χ1v) is 12.8. The Morgan fingerprint density at radius 1 is 1.05 bits per heavy atom. The van der Waals surface area contributed by atoms with Gasteiger partial charge in [0, 0.05) is 40.0 Å². The van der Waals surface area contributed by atoms with Crippen molar-refractivity contribution in [1.29, 1.82) is 0 Å². The van der Waals surface area contributed by atoms with E-state index in [1.54, 1.807) is 31.2 Å². The van der Waals surface area contributed by atoms with Crippen LogP contribution in [0.1, 0.15) is 40.4 Å². The van der Waals surface area contributed by atoms with Gasteiger partial charge in [0.1, 0.15) is 16.9 Å². The van der Waals surface area contributed by atoms with Crippen LogP contribution in [-0.2, 0) is 13.6 Å². The van der Waals surface area contributed by atoms with E-state index in [-0.39, 0.29) is 39.9 Å². The lowest BCUT2D eigenvalue weighted by Gasteiger charge is -2.20. The molecule has 11 heteroatoms. The molecule has 6 rings (SSSR count). The Kier molecular flexibility index (Phi) is 5.37. The summed E-state index contributed by atoms with van der Waals surface area (Å²) in [7, 11) is 1.47. The van der Waals surface area contributed by atoms with E-state index in [1.165, 1.54) is 28.3 Å². The van der Waals surface area contributed by atoms with Crippen molar-refractivity contribution in [1.82, 2.24) is 19.0 Å². The molecule has 2 aromatic carbocycles. The summed E-state index contributed by atoms with van der Waals surface area (Å²) in [5.74, 6) is -0.803. The molecule has 0 saturated heterocycles. The number of rotatable bonds is 4. The number of benzene rings is 2. The van der Waals surface area contributed by atoms with Gasteiger partial charge in [-0.2, -0.15) is 0 Å². The van der Waals surface area contributed by atoms with Crippen LogP contribution in [-0.4, -0.2) is 19.6 Å². The van der Waals surface area contributed by atoms with E-state index >= 15 is 4.39 Å². The van der Waals surface area contributed by atoms with Crippen molar-refractivity contribution < 1.29 is 9.18 Å². The third kappa shape index (κ3) is 3.63. The van der Waals surface area contributed by atoms with Crippen molar-refractivity contribution >= 4 is 50.9 Å². The fourth-order valence-electron chi connectivity index (χ4n) is 4.94. The smallest absolute Gasteiger partial charge is 0.337 e. The fourth-order valence-corrected chi connectivity index (χ4v) is 5.39. The zero-order valence-corrected chi connectivity index (χ0v) is 22.1. The van der Waals surface area contributed by atoms with Crippen LogP contribution in [0.5, 0.6) is 0 Å². The number of aromatic nitrogens is 3. The zero-order valence-electron chi connectivity index (χ0n) is 19.9. The average molecular weight is 613 g/mol. The van der Waals surface area contributed by atoms with Gasteiger partial charge >= 0.3 is 5.69 Å². The molecule has 0 atom stereocenters. The second-order valence-corrected chi connectivity index (χ2v) is 10.6. The molecule has 0 radical (unpaired) electrons. The third-order valence-electron chi connectivity index (χ3n) is 6.95. The Balaban J connectivity index is 1.71.